The van der Waals surface area contributed by atoms with Crippen molar-refractivity contribution in [3.63, 3.8) is 0 Å². The van der Waals surface area contributed by atoms with Crippen molar-refractivity contribution < 1.29 is 23.8 Å². The number of esters is 1. The molecule has 23 heavy (non-hydrogen) atoms. The molecule has 2 aromatic rings. The second-order valence-corrected chi connectivity index (χ2v) is 5.80. The smallest absolute Gasteiger partial charge is 0.344 e. The van der Waals surface area contributed by atoms with Gasteiger partial charge in [0.1, 0.15) is 11.5 Å². The van der Waals surface area contributed by atoms with E-state index >= 15 is 0 Å². The number of hydrogen-bond donors (Lipinski definition) is 0. The molecule has 0 aliphatic rings. The Labute approximate surface area is 147 Å². The summed E-state index contributed by atoms with van der Waals surface area (Å²) >= 11 is 2.18. The highest BCUT2D eigenvalue weighted by Crippen LogP contribution is 2.14. The Kier molecular flexibility index (Phi) is 6.40. The lowest BCUT2D eigenvalue weighted by Gasteiger charge is -2.07. The summed E-state index contributed by atoms with van der Waals surface area (Å²) < 4.78 is 16.3. The maximum Gasteiger partial charge on any atom is 0.344 e. The molecule has 2 aromatic carbocycles. The maximum absolute atomic E-state index is 11.9. The van der Waals surface area contributed by atoms with Crippen molar-refractivity contribution >= 4 is 34.3 Å². The monoisotopic (exact) mass is 426 g/mol. The van der Waals surface area contributed by atoms with E-state index in [1.54, 1.807) is 43.5 Å². The molecule has 0 saturated carbocycles. The molecule has 120 valence electrons. The van der Waals surface area contributed by atoms with Gasteiger partial charge in [0.05, 0.1) is 7.11 Å². The molecule has 0 spiro atoms. The molecule has 2 rings (SSSR count). The van der Waals surface area contributed by atoms with Gasteiger partial charge in [0.2, 0.25) is 0 Å². The van der Waals surface area contributed by atoms with E-state index in [0.29, 0.717) is 17.1 Å². The molecule has 0 aliphatic heterocycles. The zero-order valence-electron chi connectivity index (χ0n) is 12.5. The Morgan fingerprint density at radius 3 is 2.13 bits per heavy atom. The zero-order valence-corrected chi connectivity index (χ0v) is 14.6. The number of ether oxygens (including phenoxy) is 3. The van der Waals surface area contributed by atoms with E-state index in [1.165, 1.54) is 0 Å². The summed E-state index contributed by atoms with van der Waals surface area (Å²) in [6.45, 7) is -0.558. The molecule has 0 amide bonds. The van der Waals surface area contributed by atoms with Crippen molar-refractivity contribution in [1.29, 1.82) is 0 Å². The molecule has 6 heteroatoms. The lowest BCUT2D eigenvalue weighted by Crippen LogP contribution is -2.19. The molecule has 0 fully saturated rings. The molecule has 0 saturated heterocycles. The summed E-state index contributed by atoms with van der Waals surface area (Å²) in [5.41, 5.74) is 0.456. The number of methoxy groups -OCH3 is 1. The number of ketones is 1. The minimum absolute atomic E-state index is 0.240. The number of carbonyl (C=O) groups is 2. The predicted molar refractivity (Wildman–Crippen MR) is 92.9 cm³/mol. The largest absolute Gasteiger partial charge is 0.497 e. The van der Waals surface area contributed by atoms with Crippen molar-refractivity contribution in [1.82, 2.24) is 0 Å². The SMILES string of the molecule is COc1ccc(C(=O)COC(=O)COc2ccc(I)cc2)cc1. The van der Waals surface area contributed by atoms with Crippen molar-refractivity contribution in [3.8, 4) is 11.5 Å². The first-order valence-electron chi connectivity index (χ1n) is 6.80. The van der Waals surface area contributed by atoms with Crippen molar-refractivity contribution in [2.75, 3.05) is 20.3 Å². The van der Waals surface area contributed by atoms with Gasteiger partial charge in [-0.2, -0.15) is 0 Å². The quantitative estimate of drug-likeness (QED) is 0.387. The highest BCUT2D eigenvalue weighted by Gasteiger charge is 2.10. The first kappa shape index (κ1) is 17.3. The van der Waals surface area contributed by atoms with Gasteiger partial charge in [-0.05, 0) is 71.1 Å². The van der Waals surface area contributed by atoms with E-state index in [4.69, 9.17) is 14.2 Å². The van der Waals surface area contributed by atoms with Crippen molar-refractivity contribution in [2.24, 2.45) is 0 Å². The Morgan fingerprint density at radius 1 is 0.913 bits per heavy atom. The lowest BCUT2D eigenvalue weighted by atomic mass is 10.1. The summed E-state index contributed by atoms with van der Waals surface area (Å²) in [6.07, 6.45) is 0. The van der Waals surface area contributed by atoms with Crippen LogP contribution in [-0.2, 0) is 9.53 Å². The van der Waals surface area contributed by atoms with E-state index in [2.05, 4.69) is 22.6 Å². The number of hydrogen-bond acceptors (Lipinski definition) is 5. The Balaban J connectivity index is 1.76. The van der Waals surface area contributed by atoms with Crippen LogP contribution in [0, 0.1) is 3.57 Å². The van der Waals surface area contributed by atoms with Gasteiger partial charge in [0, 0.05) is 9.13 Å². The van der Waals surface area contributed by atoms with Gasteiger partial charge in [-0.3, -0.25) is 4.79 Å². The average molecular weight is 426 g/mol. The fraction of sp³-hybridized carbons (Fsp3) is 0.176. The summed E-state index contributed by atoms with van der Waals surface area (Å²) in [6, 6.07) is 13.9. The van der Waals surface area contributed by atoms with Gasteiger partial charge in [-0.15, -0.1) is 0 Å². The molecule has 0 bridgehead atoms. The van der Waals surface area contributed by atoms with Crippen molar-refractivity contribution in [3.05, 3.63) is 57.7 Å². The van der Waals surface area contributed by atoms with E-state index in [9.17, 15) is 9.59 Å². The molecule has 0 atom stereocenters. The standard InChI is InChI=1S/C17H15IO5/c1-21-14-6-2-12(3-7-14)16(19)10-23-17(20)11-22-15-8-4-13(18)5-9-15/h2-9H,10-11H2,1H3. The molecule has 0 aromatic heterocycles. The highest BCUT2D eigenvalue weighted by atomic mass is 127. The van der Waals surface area contributed by atoms with Crippen LogP contribution in [0.15, 0.2) is 48.5 Å². The topological polar surface area (TPSA) is 61.8 Å². The Morgan fingerprint density at radius 2 is 1.52 bits per heavy atom. The highest BCUT2D eigenvalue weighted by molar-refractivity contribution is 14.1. The fourth-order valence-corrected chi connectivity index (χ4v) is 2.08. The summed E-state index contributed by atoms with van der Waals surface area (Å²) in [4.78, 5) is 23.5. The minimum Gasteiger partial charge on any atom is -0.497 e. The molecular formula is C17H15IO5. The molecule has 0 unspecified atom stereocenters. The van der Waals surface area contributed by atoms with Crippen LogP contribution in [-0.4, -0.2) is 32.1 Å². The maximum atomic E-state index is 11.9. The Bertz CT molecular complexity index is 664. The van der Waals surface area contributed by atoms with Crippen LogP contribution in [0.5, 0.6) is 11.5 Å². The first-order valence-corrected chi connectivity index (χ1v) is 7.87. The third-order valence-corrected chi connectivity index (χ3v) is 3.67. The van der Waals surface area contributed by atoms with Crippen molar-refractivity contribution in [2.45, 2.75) is 0 Å². The second kappa shape index (κ2) is 8.52. The number of Topliss-reactive ketones (excluding diaryl/α,β-unsaturated/α-hetero) is 1. The van der Waals surface area contributed by atoms with Crippen LogP contribution < -0.4 is 9.47 Å². The lowest BCUT2D eigenvalue weighted by molar-refractivity contribution is -0.144. The number of carbonyl (C=O) groups excluding carboxylic acids is 2. The molecule has 0 aliphatic carbocycles. The first-order chi connectivity index (χ1) is 11.1. The van der Waals surface area contributed by atoms with Crippen LogP contribution in [0.1, 0.15) is 10.4 Å². The van der Waals surface area contributed by atoms with E-state index < -0.39 is 5.97 Å². The number of benzene rings is 2. The summed E-state index contributed by atoms with van der Waals surface area (Å²) in [5.74, 6) is 0.356. The molecule has 0 heterocycles. The third kappa shape index (κ3) is 5.55. The van der Waals surface area contributed by atoms with Gasteiger partial charge >= 0.3 is 5.97 Å². The van der Waals surface area contributed by atoms with Gasteiger partial charge in [0.15, 0.2) is 19.0 Å². The summed E-state index contributed by atoms with van der Waals surface area (Å²) in [7, 11) is 1.55. The van der Waals surface area contributed by atoms with Crippen LogP contribution in [0.2, 0.25) is 0 Å². The molecule has 0 N–H and O–H groups in total. The van der Waals surface area contributed by atoms with E-state index in [1.807, 2.05) is 12.1 Å². The van der Waals surface area contributed by atoms with E-state index in [-0.39, 0.29) is 19.0 Å². The summed E-state index contributed by atoms with van der Waals surface area (Å²) in [5, 5.41) is 0. The molecule has 5 nitrogen and oxygen atoms in total. The van der Waals surface area contributed by atoms with Gasteiger partial charge < -0.3 is 14.2 Å². The molecule has 0 radical (unpaired) electrons. The van der Waals surface area contributed by atoms with Gasteiger partial charge in [-0.1, -0.05) is 0 Å². The average Bonchev–Trinajstić information content (AvgIpc) is 2.59. The van der Waals surface area contributed by atoms with Gasteiger partial charge in [-0.25, -0.2) is 4.79 Å². The van der Waals surface area contributed by atoms with Gasteiger partial charge in [0.25, 0.3) is 0 Å². The van der Waals surface area contributed by atoms with Crippen LogP contribution in [0.4, 0.5) is 0 Å². The predicted octanol–water partition coefficient (Wildman–Crippen LogP) is 3.10. The number of halogens is 1. The zero-order chi connectivity index (χ0) is 16.7. The molecular weight excluding hydrogens is 411 g/mol. The fourth-order valence-electron chi connectivity index (χ4n) is 1.72. The minimum atomic E-state index is -0.592. The van der Waals surface area contributed by atoms with Crippen LogP contribution in [0.3, 0.4) is 0 Å². The van der Waals surface area contributed by atoms with E-state index in [0.717, 1.165) is 3.57 Å². The van der Waals surface area contributed by atoms with Crippen LogP contribution in [0.25, 0.3) is 0 Å². The third-order valence-electron chi connectivity index (χ3n) is 2.95. The Hall–Kier alpha value is -2.09. The normalized spacial score (nSPS) is 10.0. The second-order valence-electron chi connectivity index (χ2n) is 4.55. The van der Waals surface area contributed by atoms with Crippen LogP contribution >= 0.6 is 22.6 Å². The number of rotatable bonds is 7.